The molecule has 0 aliphatic carbocycles. The molecule has 1 fully saturated rings. The van der Waals surface area contributed by atoms with Crippen LogP contribution >= 0.6 is 0 Å². The number of aromatic nitrogens is 5. The number of hydrogen-bond donors (Lipinski definition) is 1. The summed E-state index contributed by atoms with van der Waals surface area (Å²) in [6.07, 6.45) is 7.04. The molecule has 56 heavy (non-hydrogen) atoms. The Labute approximate surface area is 320 Å². The molecule has 0 bridgehead atoms. The van der Waals surface area contributed by atoms with Gasteiger partial charge in [0.05, 0.1) is 61.7 Å². The molecule has 1 saturated heterocycles. The predicted octanol–water partition coefficient (Wildman–Crippen LogP) is 2.34. The Morgan fingerprint density at radius 3 is 2.39 bits per heavy atom. The van der Waals surface area contributed by atoms with E-state index < -0.39 is 29.7 Å². The van der Waals surface area contributed by atoms with E-state index in [-0.39, 0.29) is 42.7 Å². The summed E-state index contributed by atoms with van der Waals surface area (Å²) in [6.45, 7) is 2.26. The summed E-state index contributed by atoms with van der Waals surface area (Å²) < 4.78 is 26.4. The third-order valence-electron chi connectivity index (χ3n) is 9.72. The highest BCUT2D eigenvalue weighted by molar-refractivity contribution is 6.23. The number of methoxy groups -OCH3 is 2. The first-order valence-corrected chi connectivity index (χ1v) is 17.9. The number of aryl methyl sites for hydroxylation is 1. The molecule has 17 heteroatoms. The predicted molar refractivity (Wildman–Crippen MR) is 200 cm³/mol. The molecule has 1 atom stereocenters. The number of amides is 4. The Bertz CT molecular complexity index is 2380. The lowest BCUT2D eigenvalue weighted by Gasteiger charge is -2.27. The lowest BCUT2D eigenvalue weighted by atomic mass is 9.99. The second-order valence-electron chi connectivity index (χ2n) is 13.5. The van der Waals surface area contributed by atoms with E-state index in [2.05, 4.69) is 25.5 Å². The van der Waals surface area contributed by atoms with Crippen molar-refractivity contribution in [2.45, 2.75) is 38.5 Å². The molecule has 2 aliphatic heterocycles. The van der Waals surface area contributed by atoms with Crippen LogP contribution in [0.5, 0.6) is 17.2 Å². The van der Waals surface area contributed by atoms with Crippen LogP contribution < -0.4 is 25.1 Å². The van der Waals surface area contributed by atoms with Crippen LogP contribution in [0.4, 0.5) is 0 Å². The standard InChI is InChI=1S/C39H40N8O9/c1-44(21-31-33(53-3)15-23(16-34(31)54-4)30-22-45(2)37(50)29-18-40-10-9-26(29)30)19-24-20-46(43-42-24)11-12-55-13-14-56-25-5-6-27-28(17-25)39(52)47(38(27)51)32-7-8-35(48)41-36(32)49/h5-6,9-10,15-18,20,22,32H,7-8,11-14,19,21H2,1-4H3,(H,41,48,49). The Morgan fingerprint density at radius 1 is 0.875 bits per heavy atom. The average Bonchev–Trinajstić information content (AvgIpc) is 3.74. The molecule has 7 rings (SSSR count). The number of ether oxygens (including phenoxy) is 4. The van der Waals surface area contributed by atoms with Crippen LogP contribution in [0.3, 0.4) is 0 Å². The van der Waals surface area contributed by atoms with E-state index in [0.717, 1.165) is 32.7 Å². The van der Waals surface area contributed by atoms with Gasteiger partial charge in [0.2, 0.25) is 11.8 Å². The number of nitrogens with zero attached hydrogens (tertiary/aromatic N) is 7. The monoisotopic (exact) mass is 764 g/mol. The molecule has 290 valence electrons. The fraction of sp³-hybridized carbons (Fsp3) is 0.333. The third-order valence-corrected chi connectivity index (χ3v) is 9.72. The van der Waals surface area contributed by atoms with E-state index in [0.29, 0.717) is 48.9 Å². The van der Waals surface area contributed by atoms with Gasteiger partial charge in [0.25, 0.3) is 17.4 Å². The molecule has 2 aliphatic rings. The van der Waals surface area contributed by atoms with Crippen LogP contribution in [-0.2, 0) is 41.0 Å². The van der Waals surface area contributed by atoms with Gasteiger partial charge in [0.15, 0.2) is 0 Å². The van der Waals surface area contributed by atoms with Crippen molar-refractivity contribution in [3.05, 3.63) is 93.9 Å². The number of benzene rings is 2. The van der Waals surface area contributed by atoms with Crippen LogP contribution in [-0.4, -0.2) is 105 Å². The zero-order valence-corrected chi connectivity index (χ0v) is 31.3. The summed E-state index contributed by atoms with van der Waals surface area (Å²) in [5.74, 6) is -0.596. The molecule has 3 aromatic heterocycles. The lowest BCUT2D eigenvalue weighted by Crippen LogP contribution is -2.54. The van der Waals surface area contributed by atoms with Gasteiger partial charge < -0.3 is 23.5 Å². The molecular formula is C39H40N8O9. The number of nitrogens with one attached hydrogen (secondary N) is 1. The highest BCUT2D eigenvalue weighted by atomic mass is 16.5. The zero-order chi connectivity index (χ0) is 39.5. The zero-order valence-electron chi connectivity index (χ0n) is 31.3. The number of carbonyl (C=O) groups excluding carboxylic acids is 4. The Balaban J connectivity index is 0.894. The van der Waals surface area contributed by atoms with Crippen molar-refractivity contribution in [3.63, 3.8) is 0 Å². The van der Waals surface area contributed by atoms with Gasteiger partial charge in [-0.25, -0.2) is 4.68 Å². The number of pyridine rings is 2. The van der Waals surface area contributed by atoms with Crippen molar-refractivity contribution < 1.29 is 38.1 Å². The van der Waals surface area contributed by atoms with E-state index in [1.165, 1.54) is 12.1 Å². The first-order valence-electron chi connectivity index (χ1n) is 17.9. The van der Waals surface area contributed by atoms with Crippen LogP contribution in [0, 0.1) is 0 Å². The minimum absolute atomic E-state index is 0.0511. The molecule has 0 radical (unpaired) electrons. The topological polar surface area (TPSA) is 189 Å². The summed E-state index contributed by atoms with van der Waals surface area (Å²) in [7, 11) is 6.91. The van der Waals surface area contributed by atoms with Crippen molar-refractivity contribution >= 4 is 34.4 Å². The van der Waals surface area contributed by atoms with Gasteiger partial charge in [0, 0.05) is 56.9 Å². The van der Waals surface area contributed by atoms with Crippen molar-refractivity contribution in [1.29, 1.82) is 0 Å². The van der Waals surface area contributed by atoms with Crippen molar-refractivity contribution in [2.24, 2.45) is 7.05 Å². The quantitative estimate of drug-likeness (QED) is 0.121. The summed E-state index contributed by atoms with van der Waals surface area (Å²) in [5, 5.41) is 12.1. The molecule has 17 nitrogen and oxygen atoms in total. The second-order valence-corrected chi connectivity index (χ2v) is 13.5. The van der Waals surface area contributed by atoms with Gasteiger partial charge in [0.1, 0.15) is 29.9 Å². The van der Waals surface area contributed by atoms with Gasteiger partial charge in [-0.2, -0.15) is 0 Å². The summed E-state index contributed by atoms with van der Waals surface area (Å²) >= 11 is 0. The first-order chi connectivity index (χ1) is 27.1. The number of carbonyl (C=O) groups is 4. The molecular weight excluding hydrogens is 724 g/mol. The van der Waals surface area contributed by atoms with E-state index in [4.69, 9.17) is 18.9 Å². The molecule has 1 unspecified atom stereocenters. The maximum atomic E-state index is 13.1. The van der Waals surface area contributed by atoms with Gasteiger partial charge in [-0.15, -0.1) is 5.10 Å². The first kappa shape index (κ1) is 37.8. The second kappa shape index (κ2) is 16.1. The van der Waals surface area contributed by atoms with Gasteiger partial charge >= 0.3 is 0 Å². The van der Waals surface area contributed by atoms with Crippen molar-refractivity contribution in [3.8, 4) is 28.4 Å². The minimum atomic E-state index is -1.03. The summed E-state index contributed by atoms with van der Waals surface area (Å²) in [5.41, 5.74) is 3.51. The summed E-state index contributed by atoms with van der Waals surface area (Å²) in [6, 6.07) is 9.25. The van der Waals surface area contributed by atoms with Gasteiger partial charge in [-0.05, 0) is 60.8 Å². The number of piperidine rings is 1. The van der Waals surface area contributed by atoms with Crippen LogP contribution in [0.15, 0.2) is 66.0 Å². The Hall–Kier alpha value is -6.46. The Morgan fingerprint density at radius 2 is 1.64 bits per heavy atom. The third kappa shape index (κ3) is 7.58. The maximum Gasteiger partial charge on any atom is 0.262 e. The molecule has 2 aromatic carbocycles. The van der Waals surface area contributed by atoms with Crippen LogP contribution in [0.1, 0.15) is 44.8 Å². The molecule has 4 amide bonds. The van der Waals surface area contributed by atoms with E-state index in [1.807, 2.05) is 31.4 Å². The average molecular weight is 765 g/mol. The van der Waals surface area contributed by atoms with Crippen molar-refractivity contribution in [1.82, 2.24) is 39.7 Å². The van der Waals surface area contributed by atoms with E-state index >= 15 is 0 Å². The Kier molecular flexibility index (Phi) is 10.9. The lowest BCUT2D eigenvalue weighted by molar-refractivity contribution is -0.136. The highest BCUT2D eigenvalue weighted by Gasteiger charge is 2.44. The smallest absolute Gasteiger partial charge is 0.262 e. The fourth-order valence-electron chi connectivity index (χ4n) is 6.98. The maximum absolute atomic E-state index is 13.1. The van der Waals surface area contributed by atoms with E-state index in [9.17, 15) is 24.0 Å². The number of hydrogen-bond acceptors (Lipinski definition) is 13. The highest BCUT2D eigenvalue weighted by Crippen LogP contribution is 2.38. The molecule has 5 aromatic rings. The number of fused-ring (bicyclic) bond motifs is 2. The molecule has 0 spiro atoms. The van der Waals surface area contributed by atoms with Gasteiger partial charge in [-0.1, -0.05) is 5.21 Å². The molecule has 5 heterocycles. The van der Waals surface area contributed by atoms with Crippen LogP contribution in [0.2, 0.25) is 0 Å². The SMILES string of the molecule is COc1cc(-c2cn(C)c(=O)c3cnccc23)cc(OC)c1CN(C)Cc1cn(CCOCCOc2ccc3c(c2)C(=O)N(C2CCC(=O)NC2=O)C3=O)nn1. The largest absolute Gasteiger partial charge is 0.496 e. The number of rotatable bonds is 15. The normalized spacial score (nSPS) is 15.4. The fourth-order valence-corrected chi connectivity index (χ4v) is 6.98. The number of imide groups is 2. The molecule has 1 N–H and O–H groups in total. The van der Waals surface area contributed by atoms with Crippen molar-refractivity contribution in [2.75, 3.05) is 41.1 Å². The summed E-state index contributed by atoms with van der Waals surface area (Å²) in [4.78, 5) is 69.7. The van der Waals surface area contributed by atoms with Crippen LogP contribution in [0.25, 0.3) is 21.9 Å². The minimum Gasteiger partial charge on any atom is -0.496 e. The van der Waals surface area contributed by atoms with Gasteiger partial charge in [-0.3, -0.25) is 44.1 Å². The van der Waals surface area contributed by atoms with E-state index in [1.54, 1.807) is 55.2 Å². The molecule has 0 saturated carbocycles.